The number of thiocarbonyl (C=S) groups is 1. The maximum absolute atomic E-state index is 6.12. The van der Waals surface area contributed by atoms with Gasteiger partial charge in [0.05, 0.1) is 0 Å². The van der Waals surface area contributed by atoms with E-state index in [4.69, 9.17) is 23.8 Å². The summed E-state index contributed by atoms with van der Waals surface area (Å²) in [6.07, 6.45) is 5.44. The quantitative estimate of drug-likeness (QED) is 0.802. The molecular formula is C15H19ClN2S. The summed E-state index contributed by atoms with van der Waals surface area (Å²) in [5.41, 5.74) is 2.04. The third kappa shape index (κ3) is 2.87. The molecule has 0 spiro atoms. The highest BCUT2D eigenvalue weighted by Crippen LogP contribution is 2.44. The Hall–Kier alpha value is -0.800. The van der Waals surface area contributed by atoms with Gasteiger partial charge in [-0.25, -0.2) is 0 Å². The van der Waals surface area contributed by atoms with E-state index in [2.05, 4.69) is 10.6 Å². The molecule has 1 aromatic rings. The van der Waals surface area contributed by atoms with E-state index < -0.39 is 0 Å². The van der Waals surface area contributed by atoms with Crippen LogP contribution in [0.1, 0.15) is 31.2 Å². The second kappa shape index (κ2) is 5.29. The summed E-state index contributed by atoms with van der Waals surface area (Å²) in [7, 11) is 0. The SMILES string of the molecule is Cc1ccc(NC(=S)N[C@H]2C[C@H]3CC[C@H]2C3)cc1Cl. The Morgan fingerprint density at radius 2 is 2.16 bits per heavy atom. The minimum absolute atomic E-state index is 0.569. The topological polar surface area (TPSA) is 24.1 Å². The van der Waals surface area contributed by atoms with Gasteiger partial charge in [-0.15, -0.1) is 0 Å². The molecule has 102 valence electrons. The second-order valence-corrected chi connectivity index (χ2v) is 6.66. The first kappa shape index (κ1) is 13.2. The lowest BCUT2D eigenvalue weighted by Crippen LogP contribution is -2.40. The Morgan fingerprint density at radius 1 is 1.32 bits per heavy atom. The molecule has 2 aliphatic rings. The van der Waals surface area contributed by atoms with Gasteiger partial charge >= 0.3 is 0 Å². The van der Waals surface area contributed by atoms with E-state index in [1.807, 2.05) is 25.1 Å². The first-order chi connectivity index (χ1) is 9.11. The van der Waals surface area contributed by atoms with Crippen molar-refractivity contribution in [3.8, 4) is 0 Å². The largest absolute Gasteiger partial charge is 0.359 e. The summed E-state index contributed by atoms with van der Waals surface area (Å²) in [5, 5.41) is 8.19. The molecule has 3 rings (SSSR count). The third-order valence-electron chi connectivity index (χ3n) is 4.48. The van der Waals surface area contributed by atoms with Crippen LogP contribution in [0.4, 0.5) is 5.69 Å². The van der Waals surface area contributed by atoms with Crippen molar-refractivity contribution in [2.24, 2.45) is 11.8 Å². The van der Waals surface area contributed by atoms with Crippen LogP contribution >= 0.6 is 23.8 Å². The van der Waals surface area contributed by atoms with Gasteiger partial charge in [0, 0.05) is 16.8 Å². The van der Waals surface area contributed by atoms with Gasteiger partial charge in [-0.3, -0.25) is 0 Å². The smallest absolute Gasteiger partial charge is 0.171 e. The number of halogens is 1. The Morgan fingerprint density at radius 3 is 2.79 bits per heavy atom. The molecule has 2 nitrogen and oxygen atoms in total. The second-order valence-electron chi connectivity index (χ2n) is 5.84. The number of aryl methyl sites for hydroxylation is 1. The minimum Gasteiger partial charge on any atom is -0.359 e. The van der Waals surface area contributed by atoms with E-state index in [1.54, 1.807) is 0 Å². The predicted molar refractivity (Wildman–Crippen MR) is 84.8 cm³/mol. The van der Waals surface area contributed by atoms with Gasteiger partial charge in [0.25, 0.3) is 0 Å². The molecular weight excluding hydrogens is 276 g/mol. The Labute approximate surface area is 124 Å². The highest BCUT2D eigenvalue weighted by atomic mass is 35.5. The Balaban J connectivity index is 1.57. The van der Waals surface area contributed by atoms with E-state index >= 15 is 0 Å². The van der Waals surface area contributed by atoms with Gasteiger partial charge in [0.15, 0.2) is 5.11 Å². The van der Waals surface area contributed by atoms with Crippen LogP contribution in [0.3, 0.4) is 0 Å². The van der Waals surface area contributed by atoms with Crippen molar-refractivity contribution in [2.45, 2.75) is 38.6 Å². The van der Waals surface area contributed by atoms with Crippen LogP contribution in [0, 0.1) is 18.8 Å². The lowest BCUT2D eigenvalue weighted by Gasteiger charge is -2.24. The van der Waals surface area contributed by atoms with E-state index in [9.17, 15) is 0 Å². The van der Waals surface area contributed by atoms with Crippen molar-refractivity contribution in [3.05, 3.63) is 28.8 Å². The van der Waals surface area contributed by atoms with Crippen LogP contribution < -0.4 is 10.6 Å². The van der Waals surface area contributed by atoms with Crippen molar-refractivity contribution in [3.63, 3.8) is 0 Å². The van der Waals surface area contributed by atoms with E-state index in [-0.39, 0.29) is 0 Å². The fraction of sp³-hybridized carbons (Fsp3) is 0.533. The number of benzene rings is 1. The number of nitrogens with one attached hydrogen (secondary N) is 2. The molecule has 2 fully saturated rings. The number of rotatable bonds is 2. The number of fused-ring (bicyclic) bond motifs is 2. The first-order valence-corrected chi connectivity index (χ1v) is 7.74. The molecule has 4 heteroatoms. The molecule has 0 aliphatic heterocycles. The Bertz CT molecular complexity index is 503. The van der Waals surface area contributed by atoms with E-state index in [1.165, 1.54) is 25.7 Å². The van der Waals surface area contributed by atoms with Crippen molar-refractivity contribution >= 4 is 34.6 Å². The fourth-order valence-corrected chi connectivity index (χ4v) is 3.88. The van der Waals surface area contributed by atoms with Crippen molar-refractivity contribution in [1.82, 2.24) is 5.32 Å². The van der Waals surface area contributed by atoms with E-state index in [0.29, 0.717) is 6.04 Å². The number of hydrogen-bond acceptors (Lipinski definition) is 1. The average molecular weight is 295 g/mol. The van der Waals surface area contributed by atoms with Crippen molar-refractivity contribution in [1.29, 1.82) is 0 Å². The molecule has 2 bridgehead atoms. The lowest BCUT2D eigenvalue weighted by molar-refractivity contribution is 0.392. The molecule has 0 unspecified atom stereocenters. The standard InChI is InChI=1S/C15H19ClN2S/c1-9-2-5-12(8-13(9)16)17-15(19)18-14-7-10-3-4-11(14)6-10/h2,5,8,10-11,14H,3-4,6-7H2,1H3,(H2,17,18,19)/t10-,11-,14-/m0/s1. The van der Waals surface area contributed by atoms with Gasteiger partial charge in [-0.1, -0.05) is 24.1 Å². The number of anilines is 1. The molecule has 2 aliphatic carbocycles. The first-order valence-electron chi connectivity index (χ1n) is 6.95. The number of hydrogen-bond donors (Lipinski definition) is 2. The minimum atomic E-state index is 0.569. The van der Waals surface area contributed by atoms with Crippen LogP contribution in [0.2, 0.25) is 5.02 Å². The van der Waals surface area contributed by atoms with Crippen LogP contribution in [0.15, 0.2) is 18.2 Å². The highest BCUT2D eigenvalue weighted by Gasteiger charge is 2.39. The predicted octanol–water partition coefficient (Wildman–Crippen LogP) is 4.12. The van der Waals surface area contributed by atoms with Crippen molar-refractivity contribution in [2.75, 3.05) is 5.32 Å². The van der Waals surface area contributed by atoms with Crippen LogP contribution in [0.25, 0.3) is 0 Å². The van der Waals surface area contributed by atoms with Crippen molar-refractivity contribution < 1.29 is 0 Å². The fourth-order valence-electron chi connectivity index (χ4n) is 3.43. The zero-order valence-corrected chi connectivity index (χ0v) is 12.7. The van der Waals surface area contributed by atoms with Gasteiger partial charge < -0.3 is 10.6 Å². The van der Waals surface area contributed by atoms with Gasteiger partial charge in [-0.05, 0) is 67.9 Å². The molecule has 0 saturated heterocycles. The summed E-state index contributed by atoms with van der Waals surface area (Å²) < 4.78 is 0. The summed E-state index contributed by atoms with van der Waals surface area (Å²) >= 11 is 11.5. The van der Waals surface area contributed by atoms with Gasteiger partial charge in [0.2, 0.25) is 0 Å². The third-order valence-corrected chi connectivity index (χ3v) is 5.11. The molecule has 3 atom stereocenters. The maximum Gasteiger partial charge on any atom is 0.171 e. The average Bonchev–Trinajstić information content (AvgIpc) is 2.96. The summed E-state index contributed by atoms with van der Waals surface area (Å²) in [6.45, 7) is 2.00. The van der Waals surface area contributed by atoms with Crippen LogP contribution in [-0.4, -0.2) is 11.2 Å². The zero-order valence-electron chi connectivity index (χ0n) is 11.1. The molecule has 0 amide bonds. The van der Waals surface area contributed by atoms with Crippen LogP contribution in [-0.2, 0) is 0 Å². The summed E-state index contributed by atoms with van der Waals surface area (Å²) in [4.78, 5) is 0. The summed E-state index contributed by atoms with van der Waals surface area (Å²) in [5.74, 6) is 1.76. The molecule has 2 saturated carbocycles. The molecule has 1 aromatic carbocycles. The molecule has 19 heavy (non-hydrogen) atoms. The molecule has 0 heterocycles. The highest BCUT2D eigenvalue weighted by molar-refractivity contribution is 7.80. The lowest BCUT2D eigenvalue weighted by atomic mass is 9.96. The van der Waals surface area contributed by atoms with E-state index in [0.717, 1.165) is 33.2 Å². The van der Waals surface area contributed by atoms with Crippen LogP contribution in [0.5, 0.6) is 0 Å². The Kier molecular flexibility index (Phi) is 3.68. The zero-order chi connectivity index (χ0) is 13.4. The normalized spacial score (nSPS) is 28.4. The van der Waals surface area contributed by atoms with Gasteiger partial charge in [-0.2, -0.15) is 0 Å². The molecule has 2 N–H and O–H groups in total. The molecule has 0 aromatic heterocycles. The maximum atomic E-state index is 6.12. The molecule has 0 radical (unpaired) electrons. The monoisotopic (exact) mass is 294 g/mol. The summed E-state index contributed by atoms with van der Waals surface area (Å²) in [6, 6.07) is 6.51. The van der Waals surface area contributed by atoms with Gasteiger partial charge in [0.1, 0.15) is 0 Å².